The summed E-state index contributed by atoms with van der Waals surface area (Å²) in [6, 6.07) is 6.71. The standard InChI is InChI=1S/C10H9NO2/c1-2-13-10-5-8(6-11)3-4-9(10)7-12/h3-5,7H,2H2,1H3. The van der Waals surface area contributed by atoms with Gasteiger partial charge in [0.2, 0.25) is 0 Å². The van der Waals surface area contributed by atoms with E-state index in [4.69, 9.17) is 10.00 Å². The van der Waals surface area contributed by atoms with Crippen LogP contribution in [-0.2, 0) is 0 Å². The molecule has 0 fully saturated rings. The minimum absolute atomic E-state index is 0.469. The van der Waals surface area contributed by atoms with E-state index in [-0.39, 0.29) is 0 Å². The summed E-state index contributed by atoms with van der Waals surface area (Å²) in [5.41, 5.74) is 0.968. The smallest absolute Gasteiger partial charge is 0.153 e. The molecule has 0 aliphatic rings. The largest absolute Gasteiger partial charge is 0.493 e. The fourth-order valence-electron chi connectivity index (χ4n) is 0.982. The van der Waals surface area contributed by atoms with Gasteiger partial charge in [-0.25, -0.2) is 0 Å². The summed E-state index contributed by atoms with van der Waals surface area (Å²) in [5, 5.41) is 8.60. The number of hydrogen-bond donors (Lipinski definition) is 0. The molecule has 0 bridgehead atoms. The predicted molar refractivity (Wildman–Crippen MR) is 47.7 cm³/mol. The number of rotatable bonds is 3. The average Bonchev–Trinajstić information content (AvgIpc) is 2.18. The molecule has 0 aliphatic carbocycles. The van der Waals surface area contributed by atoms with Crippen LogP contribution in [0.25, 0.3) is 0 Å². The van der Waals surface area contributed by atoms with Crippen molar-refractivity contribution in [3.8, 4) is 11.8 Å². The maximum atomic E-state index is 10.5. The first-order valence-electron chi connectivity index (χ1n) is 3.94. The van der Waals surface area contributed by atoms with Crippen molar-refractivity contribution in [3.05, 3.63) is 29.3 Å². The minimum atomic E-state index is 0.469. The normalized spacial score (nSPS) is 8.92. The van der Waals surface area contributed by atoms with Gasteiger partial charge in [0.05, 0.1) is 23.8 Å². The van der Waals surface area contributed by atoms with Crippen LogP contribution in [-0.4, -0.2) is 12.9 Å². The average molecular weight is 175 g/mol. The zero-order valence-electron chi connectivity index (χ0n) is 7.28. The molecule has 0 saturated carbocycles. The molecule has 1 rings (SSSR count). The second-order valence-electron chi connectivity index (χ2n) is 2.42. The van der Waals surface area contributed by atoms with E-state index in [1.807, 2.05) is 13.0 Å². The Morgan fingerprint density at radius 2 is 2.38 bits per heavy atom. The van der Waals surface area contributed by atoms with Crippen LogP contribution in [0.3, 0.4) is 0 Å². The first-order valence-corrected chi connectivity index (χ1v) is 3.94. The molecule has 13 heavy (non-hydrogen) atoms. The van der Waals surface area contributed by atoms with Crippen molar-refractivity contribution in [2.45, 2.75) is 6.92 Å². The van der Waals surface area contributed by atoms with Crippen LogP contribution < -0.4 is 4.74 Å². The van der Waals surface area contributed by atoms with Gasteiger partial charge in [-0.3, -0.25) is 4.79 Å². The summed E-state index contributed by atoms with van der Waals surface area (Å²) in [7, 11) is 0. The van der Waals surface area contributed by atoms with Crippen molar-refractivity contribution in [2.75, 3.05) is 6.61 Å². The Morgan fingerprint density at radius 3 is 2.92 bits per heavy atom. The zero-order chi connectivity index (χ0) is 9.68. The summed E-state index contributed by atoms with van der Waals surface area (Å²) < 4.78 is 5.19. The van der Waals surface area contributed by atoms with Crippen LogP contribution in [0, 0.1) is 11.3 Å². The number of hydrogen-bond acceptors (Lipinski definition) is 3. The number of carbonyl (C=O) groups is 1. The monoisotopic (exact) mass is 175 g/mol. The van der Waals surface area contributed by atoms with Crippen LogP contribution in [0.1, 0.15) is 22.8 Å². The minimum Gasteiger partial charge on any atom is -0.493 e. The van der Waals surface area contributed by atoms with Gasteiger partial charge in [-0.15, -0.1) is 0 Å². The number of nitriles is 1. The Morgan fingerprint density at radius 1 is 1.62 bits per heavy atom. The van der Waals surface area contributed by atoms with Gasteiger partial charge in [-0.2, -0.15) is 5.26 Å². The number of benzene rings is 1. The van der Waals surface area contributed by atoms with Crippen LogP contribution in [0.5, 0.6) is 5.75 Å². The molecule has 1 aromatic carbocycles. The second kappa shape index (κ2) is 4.27. The summed E-state index contributed by atoms with van der Waals surface area (Å²) in [6.45, 7) is 2.31. The third-order valence-corrected chi connectivity index (χ3v) is 1.57. The number of nitrogens with zero attached hydrogens (tertiary/aromatic N) is 1. The first kappa shape index (κ1) is 9.27. The van der Waals surface area contributed by atoms with Gasteiger partial charge in [-0.05, 0) is 25.1 Å². The third kappa shape index (κ3) is 2.06. The van der Waals surface area contributed by atoms with E-state index in [0.717, 1.165) is 0 Å². The van der Waals surface area contributed by atoms with Gasteiger partial charge in [0.1, 0.15) is 5.75 Å². The molecule has 0 N–H and O–H groups in total. The molecular weight excluding hydrogens is 166 g/mol. The number of aldehydes is 1. The lowest BCUT2D eigenvalue weighted by Crippen LogP contribution is -1.96. The fourth-order valence-corrected chi connectivity index (χ4v) is 0.982. The molecule has 3 nitrogen and oxygen atoms in total. The van der Waals surface area contributed by atoms with Gasteiger partial charge in [0, 0.05) is 0 Å². The predicted octanol–water partition coefficient (Wildman–Crippen LogP) is 1.77. The van der Waals surface area contributed by atoms with E-state index in [2.05, 4.69) is 0 Å². The molecule has 3 heteroatoms. The molecule has 0 spiro atoms. The molecule has 0 aromatic heterocycles. The van der Waals surface area contributed by atoms with E-state index < -0.39 is 0 Å². The SMILES string of the molecule is CCOc1cc(C#N)ccc1C=O. The van der Waals surface area contributed by atoms with Crippen molar-refractivity contribution in [2.24, 2.45) is 0 Å². The van der Waals surface area contributed by atoms with E-state index in [1.165, 1.54) is 0 Å². The van der Waals surface area contributed by atoms with Crippen molar-refractivity contribution in [1.82, 2.24) is 0 Å². The Kier molecular flexibility index (Phi) is 3.04. The highest BCUT2D eigenvalue weighted by Gasteiger charge is 2.02. The lowest BCUT2D eigenvalue weighted by molar-refractivity contribution is 0.112. The molecule has 0 radical (unpaired) electrons. The Hall–Kier alpha value is -1.82. The highest BCUT2D eigenvalue weighted by Crippen LogP contribution is 2.18. The Balaban J connectivity index is 3.11. The molecular formula is C10H9NO2. The van der Waals surface area contributed by atoms with Gasteiger partial charge in [-0.1, -0.05) is 0 Å². The van der Waals surface area contributed by atoms with Crippen LogP contribution in [0.15, 0.2) is 18.2 Å². The zero-order valence-corrected chi connectivity index (χ0v) is 7.28. The van der Waals surface area contributed by atoms with Crippen molar-refractivity contribution in [3.63, 3.8) is 0 Å². The highest BCUT2D eigenvalue weighted by atomic mass is 16.5. The molecule has 0 amide bonds. The Labute approximate surface area is 76.6 Å². The fraction of sp³-hybridized carbons (Fsp3) is 0.200. The van der Waals surface area contributed by atoms with E-state index in [1.54, 1.807) is 18.2 Å². The van der Waals surface area contributed by atoms with Gasteiger partial charge >= 0.3 is 0 Å². The summed E-state index contributed by atoms with van der Waals surface area (Å²) >= 11 is 0. The van der Waals surface area contributed by atoms with E-state index in [0.29, 0.717) is 29.8 Å². The molecule has 66 valence electrons. The van der Waals surface area contributed by atoms with Gasteiger partial charge in [0.15, 0.2) is 6.29 Å². The van der Waals surface area contributed by atoms with Crippen LogP contribution >= 0.6 is 0 Å². The lowest BCUT2D eigenvalue weighted by Gasteiger charge is -2.05. The van der Waals surface area contributed by atoms with E-state index in [9.17, 15) is 4.79 Å². The summed E-state index contributed by atoms with van der Waals surface area (Å²) in [5.74, 6) is 0.469. The molecule has 0 saturated heterocycles. The van der Waals surface area contributed by atoms with Gasteiger partial charge < -0.3 is 4.74 Å². The first-order chi connectivity index (χ1) is 6.31. The molecule has 0 aliphatic heterocycles. The van der Waals surface area contributed by atoms with Crippen molar-refractivity contribution >= 4 is 6.29 Å². The van der Waals surface area contributed by atoms with Crippen LogP contribution in [0.2, 0.25) is 0 Å². The number of ether oxygens (including phenoxy) is 1. The molecule has 0 atom stereocenters. The van der Waals surface area contributed by atoms with Crippen LogP contribution in [0.4, 0.5) is 0 Å². The van der Waals surface area contributed by atoms with Crippen molar-refractivity contribution < 1.29 is 9.53 Å². The maximum absolute atomic E-state index is 10.5. The quantitative estimate of drug-likeness (QED) is 0.658. The lowest BCUT2D eigenvalue weighted by atomic mass is 10.1. The summed E-state index contributed by atoms with van der Waals surface area (Å²) in [6.07, 6.45) is 0.714. The molecule has 0 unspecified atom stereocenters. The topological polar surface area (TPSA) is 50.1 Å². The second-order valence-corrected chi connectivity index (χ2v) is 2.42. The number of carbonyl (C=O) groups excluding carboxylic acids is 1. The summed E-state index contributed by atoms with van der Waals surface area (Å²) in [4.78, 5) is 10.5. The van der Waals surface area contributed by atoms with Gasteiger partial charge in [0.25, 0.3) is 0 Å². The van der Waals surface area contributed by atoms with Crippen molar-refractivity contribution in [1.29, 1.82) is 5.26 Å². The maximum Gasteiger partial charge on any atom is 0.153 e. The molecule has 1 aromatic rings. The molecule has 0 heterocycles. The highest BCUT2D eigenvalue weighted by molar-refractivity contribution is 5.79. The van der Waals surface area contributed by atoms with E-state index >= 15 is 0 Å². The third-order valence-electron chi connectivity index (χ3n) is 1.57. The Bertz CT molecular complexity index is 352.